The minimum Gasteiger partial charge on any atom is -0.321 e. The zero-order chi connectivity index (χ0) is 23.8. The van der Waals surface area contributed by atoms with E-state index in [2.05, 4.69) is 5.32 Å². The topological polar surface area (TPSA) is 66.5 Å². The second-order valence-corrected chi connectivity index (χ2v) is 11.5. The second-order valence-electron chi connectivity index (χ2n) is 7.67. The summed E-state index contributed by atoms with van der Waals surface area (Å²) in [6, 6.07) is 19.8. The summed E-state index contributed by atoms with van der Waals surface area (Å²) in [6.45, 7) is 2.21. The van der Waals surface area contributed by atoms with Gasteiger partial charge in [-0.05, 0) is 60.3 Å². The number of thiophene rings is 1. The van der Waals surface area contributed by atoms with Crippen LogP contribution in [0, 0.1) is 6.92 Å². The SMILES string of the molecule is Cc1ccc(CN(c2ccc3sc(C(=O)Nc4ccc(Cl)c(Cl)c4)cc3c2)S(C)(=O)=O)cc1. The van der Waals surface area contributed by atoms with Crippen LogP contribution in [-0.2, 0) is 16.6 Å². The molecule has 4 aromatic rings. The highest BCUT2D eigenvalue weighted by Crippen LogP contribution is 2.32. The highest BCUT2D eigenvalue weighted by Gasteiger charge is 2.19. The molecule has 1 aromatic heterocycles. The summed E-state index contributed by atoms with van der Waals surface area (Å²) in [5, 5.41) is 4.35. The van der Waals surface area contributed by atoms with Gasteiger partial charge in [0.1, 0.15) is 0 Å². The summed E-state index contributed by atoms with van der Waals surface area (Å²) in [5.74, 6) is -0.282. The van der Waals surface area contributed by atoms with Gasteiger partial charge in [0.05, 0.1) is 33.4 Å². The Kier molecular flexibility index (Phi) is 6.68. The first-order chi connectivity index (χ1) is 15.6. The first-order valence-electron chi connectivity index (χ1n) is 9.93. The third-order valence-corrected chi connectivity index (χ3v) is 8.03. The summed E-state index contributed by atoms with van der Waals surface area (Å²) in [5.41, 5.74) is 3.07. The number of aryl methyl sites for hydroxylation is 1. The van der Waals surface area contributed by atoms with E-state index in [4.69, 9.17) is 23.2 Å². The van der Waals surface area contributed by atoms with Crippen LogP contribution in [0.4, 0.5) is 11.4 Å². The fourth-order valence-electron chi connectivity index (χ4n) is 3.32. The number of fused-ring (bicyclic) bond motifs is 1. The summed E-state index contributed by atoms with van der Waals surface area (Å²) in [6.07, 6.45) is 1.19. The molecule has 33 heavy (non-hydrogen) atoms. The summed E-state index contributed by atoms with van der Waals surface area (Å²) < 4.78 is 27.3. The molecule has 0 saturated carbocycles. The molecule has 0 radical (unpaired) electrons. The van der Waals surface area contributed by atoms with Crippen molar-refractivity contribution in [2.24, 2.45) is 0 Å². The molecule has 1 heterocycles. The van der Waals surface area contributed by atoms with Gasteiger partial charge in [0, 0.05) is 10.4 Å². The molecule has 0 aliphatic heterocycles. The number of carbonyl (C=O) groups is 1. The van der Waals surface area contributed by atoms with Crippen LogP contribution in [-0.4, -0.2) is 20.6 Å². The Balaban J connectivity index is 1.62. The zero-order valence-electron chi connectivity index (χ0n) is 17.8. The number of amides is 1. The lowest BCUT2D eigenvalue weighted by Crippen LogP contribution is -2.29. The van der Waals surface area contributed by atoms with Gasteiger partial charge in [-0.3, -0.25) is 9.10 Å². The monoisotopic (exact) mass is 518 g/mol. The van der Waals surface area contributed by atoms with Crippen LogP contribution in [0.25, 0.3) is 10.1 Å². The third-order valence-electron chi connectivity index (χ3n) is 5.04. The van der Waals surface area contributed by atoms with Gasteiger partial charge in [0.15, 0.2) is 0 Å². The molecule has 0 fully saturated rings. The number of nitrogens with zero attached hydrogens (tertiary/aromatic N) is 1. The van der Waals surface area contributed by atoms with Gasteiger partial charge < -0.3 is 5.32 Å². The standard InChI is InChI=1S/C24H20Cl2N2O3S2/c1-15-3-5-16(6-4-15)14-28(33(2,30)31)19-8-10-22-17(11-19)12-23(32-22)24(29)27-18-7-9-20(25)21(26)13-18/h3-13H,14H2,1-2H3,(H,27,29). The number of carbonyl (C=O) groups excluding carboxylic acids is 1. The maximum Gasteiger partial charge on any atom is 0.265 e. The molecule has 1 N–H and O–H groups in total. The summed E-state index contributed by atoms with van der Waals surface area (Å²) in [7, 11) is -3.52. The van der Waals surface area contributed by atoms with E-state index in [0.29, 0.717) is 26.3 Å². The molecule has 0 atom stereocenters. The molecule has 0 aliphatic rings. The number of sulfonamides is 1. The first kappa shape index (κ1) is 23.6. The Morgan fingerprint density at radius 2 is 1.70 bits per heavy atom. The minimum absolute atomic E-state index is 0.222. The van der Waals surface area contributed by atoms with E-state index in [0.717, 1.165) is 21.2 Å². The van der Waals surface area contributed by atoms with Crippen LogP contribution < -0.4 is 9.62 Å². The lowest BCUT2D eigenvalue weighted by Gasteiger charge is -2.22. The number of rotatable bonds is 6. The Labute approximate surface area is 206 Å². The molecule has 0 unspecified atom stereocenters. The molecule has 3 aromatic carbocycles. The normalized spacial score (nSPS) is 11.5. The molecule has 5 nitrogen and oxygen atoms in total. The number of nitrogens with one attached hydrogen (secondary N) is 1. The molecule has 0 saturated heterocycles. The lowest BCUT2D eigenvalue weighted by atomic mass is 10.1. The van der Waals surface area contributed by atoms with Crippen LogP contribution in [0.1, 0.15) is 20.8 Å². The van der Waals surface area contributed by atoms with Crippen molar-refractivity contribution < 1.29 is 13.2 Å². The number of hydrogen-bond acceptors (Lipinski definition) is 4. The van der Waals surface area contributed by atoms with Gasteiger partial charge in [0.2, 0.25) is 10.0 Å². The van der Waals surface area contributed by atoms with Crippen molar-refractivity contribution in [3.05, 3.63) is 92.8 Å². The van der Waals surface area contributed by atoms with Crippen molar-refractivity contribution in [1.82, 2.24) is 0 Å². The Morgan fingerprint density at radius 1 is 0.970 bits per heavy atom. The van der Waals surface area contributed by atoms with Gasteiger partial charge in [-0.25, -0.2) is 8.42 Å². The van der Waals surface area contributed by atoms with Crippen molar-refractivity contribution in [3.8, 4) is 0 Å². The first-order valence-corrected chi connectivity index (χ1v) is 13.4. The number of hydrogen-bond donors (Lipinski definition) is 1. The maximum absolute atomic E-state index is 12.7. The average molecular weight is 519 g/mol. The number of benzene rings is 3. The smallest absolute Gasteiger partial charge is 0.265 e. The van der Waals surface area contributed by atoms with Gasteiger partial charge in [-0.2, -0.15) is 0 Å². The van der Waals surface area contributed by atoms with E-state index in [1.807, 2.05) is 37.3 Å². The van der Waals surface area contributed by atoms with Crippen LogP contribution in [0.15, 0.2) is 66.7 Å². The molecular formula is C24H20Cl2N2O3S2. The highest BCUT2D eigenvalue weighted by molar-refractivity contribution is 7.92. The molecule has 1 amide bonds. The maximum atomic E-state index is 12.7. The number of halogens is 2. The van der Waals surface area contributed by atoms with Crippen molar-refractivity contribution in [2.45, 2.75) is 13.5 Å². The molecule has 0 spiro atoms. The molecule has 9 heteroatoms. The van der Waals surface area contributed by atoms with E-state index < -0.39 is 10.0 Å². The van der Waals surface area contributed by atoms with Crippen LogP contribution >= 0.6 is 34.5 Å². The van der Waals surface area contributed by atoms with E-state index in [9.17, 15) is 13.2 Å². The average Bonchev–Trinajstić information content (AvgIpc) is 3.18. The molecule has 0 aliphatic carbocycles. The van der Waals surface area contributed by atoms with Crippen molar-refractivity contribution in [1.29, 1.82) is 0 Å². The van der Waals surface area contributed by atoms with Gasteiger partial charge >= 0.3 is 0 Å². The minimum atomic E-state index is -3.52. The Bertz CT molecular complexity index is 1450. The third kappa shape index (κ3) is 5.50. The Hall–Kier alpha value is -2.58. The van der Waals surface area contributed by atoms with E-state index in [-0.39, 0.29) is 12.5 Å². The van der Waals surface area contributed by atoms with Crippen LogP contribution in [0.2, 0.25) is 10.0 Å². The molecule has 0 bridgehead atoms. The van der Waals surface area contributed by atoms with Crippen molar-refractivity contribution in [2.75, 3.05) is 15.9 Å². The fourth-order valence-corrected chi connectivity index (χ4v) is 5.44. The van der Waals surface area contributed by atoms with Crippen molar-refractivity contribution in [3.63, 3.8) is 0 Å². The molecule has 4 rings (SSSR count). The molecule has 170 valence electrons. The largest absolute Gasteiger partial charge is 0.321 e. The number of anilines is 2. The highest BCUT2D eigenvalue weighted by atomic mass is 35.5. The van der Waals surface area contributed by atoms with E-state index >= 15 is 0 Å². The van der Waals surface area contributed by atoms with E-state index in [1.165, 1.54) is 21.9 Å². The predicted octanol–water partition coefficient (Wildman–Crippen LogP) is 6.74. The van der Waals surface area contributed by atoms with Crippen LogP contribution in [0.3, 0.4) is 0 Å². The summed E-state index contributed by atoms with van der Waals surface area (Å²) in [4.78, 5) is 13.2. The predicted molar refractivity (Wildman–Crippen MR) is 138 cm³/mol. The second kappa shape index (κ2) is 9.35. The fraction of sp³-hybridized carbons (Fsp3) is 0.125. The lowest BCUT2D eigenvalue weighted by molar-refractivity contribution is 0.103. The van der Waals surface area contributed by atoms with Crippen molar-refractivity contribution >= 4 is 71.9 Å². The van der Waals surface area contributed by atoms with Gasteiger partial charge in [-0.1, -0.05) is 53.0 Å². The van der Waals surface area contributed by atoms with E-state index in [1.54, 1.807) is 36.4 Å². The van der Waals surface area contributed by atoms with Gasteiger partial charge in [-0.15, -0.1) is 11.3 Å². The van der Waals surface area contributed by atoms with Gasteiger partial charge in [0.25, 0.3) is 5.91 Å². The summed E-state index contributed by atoms with van der Waals surface area (Å²) >= 11 is 13.3. The molecular weight excluding hydrogens is 499 g/mol. The zero-order valence-corrected chi connectivity index (χ0v) is 20.9. The quantitative estimate of drug-likeness (QED) is 0.307. The Morgan fingerprint density at radius 3 is 2.36 bits per heavy atom. The van der Waals surface area contributed by atoms with Crippen LogP contribution in [0.5, 0.6) is 0 Å².